The van der Waals surface area contributed by atoms with Crippen LogP contribution in [-0.2, 0) is 9.45 Å². The van der Waals surface area contributed by atoms with Gasteiger partial charge >= 0.3 is 13.7 Å². The van der Waals surface area contributed by atoms with E-state index in [1.807, 2.05) is 0 Å². The van der Waals surface area contributed by atoms with Crippen LogP contribution in [-0.4, -0.2) is 30.4 Å². The Labute approximate surface area is 41.0 Å². The molecule has 7 heavy (non-hydrogen) atoms. The van der Waals surface area contributed by atoms with E-state index in [0.717, 1.165) is 0 Å². The van der Waals surface area contributed by atoms with E-state index in [-0.39, 0.29) is 0 Å². The molecule has 5 heteroatoms. The maximum Gasteiger partial charge on any atom is 0.485 e. The van der Waals surface area contributed by atoms with E-state index in [2.05, 4.69) is 4.65 Å². The van der Waals surface area contributed by atoms with E-state index in [1.165, 1.54) is 0 Å². The van der Waals surface area contributed by atoms with Crippen molar-refractivity contribution in [1.29, 1.82) is 0 Å². The van der Waals surface area contributed by atoms with Gasteiger partial charge in [0.1, 0.15) is 6.61 Å². The molecule has 0 aromatic carbocycles. The first-order valence-corrected chi connectivity index (χ1v) is 1.56. The largest absolute Gasteiger partial charge is 0.485 e. The lowest BCUT2D eigenvalue weighted by Crippen LogP contribution is -2.08. The monoisotopic (exact) mass is 103 g/mol. The fourth-order valence-electron chi connectivity index (χ4n) is 0.109. The highest BCUT2D eigenvalue weighted by atomic mass is 16.5. The maximum atomic E-state index is 9.50. The molecule has 0 saturated carbocycles. The number of carbonyl (C=O) groups is 1. The van der Waals surface area contributed by atoms with E-state index < -0.39 is 12.6 Å². The van der Waals surface area contributed by atoms with Gasteiger partial charge in [-0.25, -0.2) is 4.79 Å². The lowest BCUT2D eigenvalue weighted by Gasteiger charge is -1.87. The summed E-state index contributed by atoms with van der Waals surface area (Å²) >= 11 is 0. The molecule has 2 N–H and O–H groups in total. The first-order chi connectivity index (χ1) is 3.27. The third-order valence-corrected chi connectivity index (χ3v) is 0.281. The first kappa shape index (κ1) is 6.45. The van der Waals surface area contributed by atoms with E-state index in [4.69, 9.17) is 10.1 Å². The molecule has 0 aliphatic rings. The standard InChI is InChI=1S/C2H4BO4/c4-2(5)1-7-3-6/h6H,1H2,(H,4,5). The van der Waals surface area contributed by atoms with E-state index in [0.29, 0.717) is 7.69 Å². The van der Waals surface area contributed by atoms with Crippen LogP contribution in [0.1, 0.15) is 0 Å². The molecule has 39 valence electrons. The van der Waals surface area contributed by atoms with Crippen molar-refractivity contribution < 1.29 is 19.6 Å². The molecule has 0 saturated heterocycles. The smallest absolute Gasteiger partial charge is 0.480 e. The fraction of sp³-hybridized carbons (Fsp3) is 0.500. The Morgan fingerprint density at radius 2 is 2.43 bits per heavy atom. The molecule has 0 aromatic rings. The molecular formula is C2H4BO4. The average Bonchev–Trinajstić information content (AvgIpc) is 1.61. The molecular weight excluding hydrogens is 98.8 g/mol. The Morgan fingerprint density at radius 3 is 2.57 bits per heavy atom. The second-order valence-corrected chi connectivity index (χ2v) is 0.810. The van der Waals surface area contributed by atoms with Gasteiger partial charge in [-0.1, -0.05) is 0 Å². The van der Waals surface area contributed by atoms with Crippen molar-refractivity contribution >= 4 is 13.7 Å². The van der Waals surface area contributed by atoms with Gasteiger partial charge in [-0.05, 0) is 0 Å². The lowest BCUT2D eigenvalue weighted by atomic mass is 10.4. The number of carboxylic acid groups (broad SMARTS) is 1. The Hall–Kier alpha value is -0.545. The predicted molar refractivity (Wildman–Crippen MR) is 21.6 cm³/mol. The van der Waals surface area contributed by atoms with E-state index in [1.54, 1.807) is 0 Å². The molecule has 0 rings (SSSR count). The summed E-state index contributed by atoms with van der Waals surface area (Å²) < 4.78 is 3.93. The van der Waals surface area contributed by atoms with Gasteiger partial charge in [-0.2, -0.15) is 0 Å². The molecule has 0 atom stereocenters. The fourth-order valence-corrected chi connectivity index (χ4v) is 0.109. The predicted octanol–water partition coefficient (Wildman–Crippen LogP) is -1.39. The van der Waals surface area contributed by atoms with Crippen LogP contribution in [0.4, 0.5) is 0 Å². The molecule has 0 aromatic heterocycles. The normalized spacial score (nSPS) is 8.14. The zero-order valence-corrected chi connectivity index (χ0v) is 3.50. The Bertz CT molecular complexity index is 62.7. The minimum Gasteiger partial charge on any atom is -0.480 e. The number of hydrogen-bond acceptors (Lipinski definition) is 3. The van der Waals surface area contributed by atoms with Gasteiger partial charge < -0.3 is 14.8 Å². The van der Waals surface area contributed by atoms with Gasteiger partial charge in [0, 0.05) is 0 Å². The molecule has 0 amide bonds. The van der Waals surface area contributed by atoms with Crippen LogP contribution in [0.25, 0.3) is 0 Å². The maximum absolute atomic E-state index is 9.50. The number of rotatable bonds is 3. The molecule has 4 nitrogen and oxygen atoms in total. The number of aliphatic carboxylic acids is 1. The quantitative estimate of drug-likeness (QED) is 0.431. The molecule has 0 aliphatic heterocycles. The van der Waals surface area contributed by atoms with Gasteiger partial charge in [-0.3, -0.25) is 0 Å². The minimum atomic E-state index is -1.11. The van der Waals surface area contributed by atoms with Gasteiger partial charge in [-0.15, -0.1) is 0 Å². The molecule has 0 unspecified atom stereocenters. The molecule has 1 radical (unpaired) electrons. The molecule has 0 heterocycles. The summed E-state index contributed by atoms with van der Waals surface area (Å²) in [6, 6.07) is 0. The highest BCUT2D eigenvalue weighted by Crippen LogP contribution is 1.65. The summed E-state index contributed by atoms with van der Waals surface area (Å²) in [5.41, 5.74) is 0. The van der Waals surface area contributed by atoms with Crippen molar-refractivity contribution in [2.75, 3.05) is 6.61 Å². The zero-order chi connectivity index (χ0) is 5.70. The third-order valence-electron chi connectivity index (χ3n) is 0.281. The molecule has 0 aliphatic carbocycles. The van der Waals surface area contributed by atoms with E-state index in [9.17, 15) is 4.79 Å². The average molecular weight is 103 g/mol. The second kappa shape index (κ2) is 3.64. The number of hydrogen-bond donors (Lipinski definition) is 2. The minimum absolute atomic E-state index is 0.341. The summed E-state index contributed by atoms with van der Waals surface area (Å²) in [6.45, 7) is -0.490. The molecule has 0 bridgehead atoms. The Morgan fingerprint density at radius 1 is 1.86 bits per heavy atom. The molecule has 0 spiro atoms. The van der Waals surface area contributed by atoms with Gasteiger partial charge in [0.05, 0.1) is 0 Å². The Balaban J connectivity index is 2.82. The van der Waals surface area contributed by atoms with Gasteiger partial charge in [0.25, 0.3) is 0 Å². The summed E-state index contributed by atoms with van der Waals surface area (Å²) in [5.74, 6) is -1.11. The van der Waals surface area contributed by atoms with Crippen molar-refractivity contribution in [2.45, 2.75) is 0 Å². The SMILES string of the molecule is O=C(O)CO[B]O. The van der Waals surface area contributed by atoms with Crippen molar-refractivity contribution in [2.24, 2.45) is 0 Å². The van der Waals surface area contributed by atoms with Crippen molar-refractivity contribution in [3.63, 3.8) is 0 Å². The highest BCUT2D eigenvalue weighted by Gasteiger charge is 1.93. The van der Waals surface area contributed by atoms with Crippen LogP contribution in [0.3, 0.4) is 0 Å². The third kappa shape index (κ3) is 5.45. The summed E-state index contributed by atoms with van der Waals surface area (Å²) in [4.78, 5) is 9.50. The van der Waals surface area contributed by atoms with Crippen LogP contribution in [0.15, 0.2) is 0 Å². The topological polar surface area (TPSA) is 66.8 Å². The van der Waals surface area contributed by atoms with Crippen molar-refractivity contribution in [3.8, 4) is 0 Å². The van der Waals surface area contributed by atoms with Crippen LogP contribution in [0.2, 0.25) is 0 Å². The molecule has 0 fully saturated rings. The summed E-state index contributed by atoms with van der Waals surface area (Å²) in [6.07, 6.45) is 0. The van der Waals surface area contributed by atoms with Gasteiger partial charge in [0.15, 0.2) is 0 Å². The first-order valence-electron chi connectivity index (χ1n) is 1.56. The Kier molecular flexibility index (Phi) is 3.35. The van der Waals surface area contributed by atoms with Gasteiger partial charge in [0.2, 0.25) is 0 Å². The summed E-state index contributed by atoms with van der Waals surface area (Å²) in [7, 11) is 0.341. The summed E-state index contributed by atoms with van der Waals surface area (Å²) in [5, 5.41) is 15.5. The van der Waals surface area contributed by atoms with Crippen molar-refractivity contribution in [3.05, 3.63) is 0 Å². The van der Waals surface area contributed by atoms with E-state index >= 15 is 0 Å². The number of carboxylic acids is 1. The zero-order valence-electron chi connectivity index (χ0n) is 3.50. The van der Waals surface area contributed by atoms with Crippen LogP contribution in [0.5, 0.6) is 0 Å². The van der Waals surface area contributed by atoms with Crippen LogP contribution < -0.4 is 0 Å². The van der Waals surface area contributed by atoms with Crippen LogP contribution in [0, 0.1) is 0 Å². The lowest BCUT2D eigenvalue weighted by molar-refractivity contribution is -0.139. The second-order valence-electron chi connectivity index (χ2n) is 0.810. The van der Waals surface area contributed by atoms with Crippen LogP contribution >= 0.6 is 0 Å². The highest BCUT2D eigenvalue weighted by molar-refractivity contribution is 6.16. The van der Waals surface area contributed by atoms with Crippen molar-refractivity contribution in [1.82, 2.24) is 0 Å².